The minimum absolute atomic E-state index is 0.0296. The largest absolute Gasteiger partial charge is 0.390 e. The Morgan fingerprint density at radius 2 is 1.90 bits per heavy atom. The number of halogens is 3. The van der Waals surface area contributed by atoms with Crippen LogP contribution < -0.4 is 5.32 Å². The summed E-state index contributed by atoms with van der Waals surface area (Å²) in [5.41, 5.74) is 2.21. The van der Waals surface area contributed by atoms with Crippen LogP contribution in [0.2, 0.25) is 0 Å². The van der Waals surface area contributed by atoms with E-state index in [1.54, 1.807) is 11.9 Å². The van der Waals surface area contributed by atoms with Crippen molar-refractivity contribution >= 4 is 0 Å². The van der Waals surface area contributed by atoms with Crippen molar-refractivity contribution in [3.8, 4) is 0 Å². The molecule has 0 heterocycles. The van der Waals surface area contributed by atoms with Crippen LogP contribution in [0.25, 0.3) is 0 Å². The van der Waals surface area contributed by atoms with Crippen molar-refractivity contribution in [3.05, 3.63) is 35.4 Å². The van der Waals surface area contributed by atoms with Crippen LogP contribution in [-0.2, 0) is 13.1 Å². The zero-order chi connectivity index (χ0) is 15.0. The van der Waals surface area contributed by atoms with E-state index in [1.807, 2.05) is 24.3 Å². The van der Waals surface area contributed by atoms with Crippen molar-refractivity contribution in [2.24, 2.45) is 0 Å². The monoisotopic (exact) mass is 288 g/mol. The molecule has 0 atom stereocenters. The molecular formula is C15H23F3N2. The Labute approximate surface area is 119 Å². The number of rotatable bonds is 8. The molecule has 0 saturated heterocycles. The standard InChI is InChI=1S/C15H23F3N2/c1-3-8-19-11-13-5-4-6-14(10-13)12-20(2)9-7-15(16,17)18/h4-6,10,19H,3,7-9,11-12H2,1-2H3. The molecule has 20 heavy (non-hydrogen) atoms. The lowest BCUT2D eigenvalue weighted by atomic mass is 10.1. The molecule has 1 aromatic rings. The van der Waals surface area contributed by atoms with E-state index >= 15 is 0 Å². The number of nitrogens with one attached hydrogen (secondary N) is 1. The number of hydrogen-bond acceptors (Lipinski definition) is 2. The summed E-state index contributed by atoms with van der Waals surface area (Å²) >= 11 is 0. The van der Waals surface area contributed by atoms with Gasteiger partial charge in [-0.05, 0) is 31.1 Å². The Morgan fingerprint density at radius 1 is 1.20 bits per heavy atom. The van der Waals surface area contributed by atoms with E-state index in [4.69, 9.17) is 0 Å². The van der Waals surface area contributed by atoms with E-state index in [0.717, 1.165) is 25.1 Å². The van der Waals surface area contributed by atoms with E-state index in [0.29, 0.717) is 6.54 Å². The average molecular weight is 288 g/mol. The Bertz CT molecular complexity index is 391. The molecule has 2 nitrogen and oxygen atoms in total. The van der Waals surface area contributed by atoms with Crippen molar-refractivity contribution in [1.82, 2.24) is 10.2 Å². The van der Waals surface area contributed by atoms with Gasteiger partial charge in [-0.1, -0.05) is 31.2 Å². The quantitative estimate of drug-likeness (QED) is 0.736. The molecule has 0 aliphatic rings. The summed E-state index contributed by atoms with van der Waals surface area (Å²) in [5.74, 6) is 0. The minimum Gasteiger partial charge on any atom is -0.313 e. The van der Waals surface area contributed by atoms with Gasteiger partial charge in [0.1, 0.15) is 0 Å². The molecule has 1 N–H and O–H groups in total. The van der Waals surface area contributed by atoms with Crippen molar-refractivity contribution in [1.29, 1.82) is 0 Å². The van der Waals surface area contributed by atoms with Crippen LogP contribution in [0.15, 0.2) is 24.3 Å². The van der Waals surface area contributed by atoms with Gasteiger partial charge in [0.05, 0.1) is 6.42 Å². The Morgan fingerprint density at radius 3 is 2.55 bits per heavy atom. The van der Waals surface area contributed by atoms with Gasteiger partial charge in [0.15, 0.2) is 0 Å². The first-order valence-corrected chi connectivity index (χ1v) is 6.94. The summed E-state index contributed by atoms with van der Waals surface area (Å²) in [4.78, 5) is 1.70. The SMILES string of the molecule is CCCNCc1cccc(CN(C)CCC(F)(F)F)c1. The first-order valence-electron chi connectivity index (χ1n) is 6.94. The maximum Gasteiger partial charge on any atom is 0.390 e. The van der Waals surface area contributed by atoms with E-state index in [9.17, 15) is 13.2 Å². The minimum atomic E-state index is -4.08. The fourth-order valence-corrected chi connectivity index (χ4v) is 1.96. The van der Waals surface area contributed by atoms with Gasteiger partial charge in [-0.15, -0.1) is 0 Å². The average Bonchev–Trinajstić information content (AvgIpc) is 2.36. The number of hydrogen-bond donors (Lipinski definition) is 1. The zero-order valence-electron chi connectivity index (χ0n) is 12.1. The van der Waals surface area contributed by atoms with Gasteiger partial charge < -0.3 is 10.2 Å². The smallest absolute Gasteiger partial charge is 0.313 e. The van der Waals surface area contributed by atoms with Crippen LogP contribution in [0, 0.1) is 0 Å². The fourth-order valence-electron chi connectivity index (χ4n) is 1.96. The third-order valence-electron chi connectivity index (χ3n) is 2.98. The summed E-state index contributed by atoms with van der Waals surface area (Å²) in [6.07, 6.45) is -3.76. The van der Waals surface area contributed by atoms with Gasteiger partial charge in [-0.25, -0.2) is 0 Å². The zero-order valence-corrected chi connectivity index (χ0v) is 12.1. The number of benzene rings is 1. The van der Waals surface area contributed by atoms with E-state index in [1.165, 1.54) is 5.56 Å². The number of alkyl halides is 3. The van der Waals surface area contributed by atoms with E-state index in [2.05, 4.69) is 12.2 Å². The van der Waals surface area contributed by atoms with E-state index in [-0.39, 0.29) is 6.54 Å². The molecular weight excluding hydrogens is 265 g/mol. The molecule has 0 spiro atoms. The molecule has 0 aliphatic heterocycles. The lowest BCUT2D eigenvalue weighted by Crippen LogP contribution is -2.24. The molecule has 0 aromatic heterocycles. The molecule has 1 rings (SSSR count). The predicted molar refractivity (Wildman–Crippen MR) is 75.4 cm³/mol. The molecule has 0 saturated carbocycles. The van der Waals surface area contributed by atoms with Crippen molar-refractivity contribution in [2.45, 2.75) is 39.0 Å². The van der Waals surface area contributed by atoms with Gasteiger partial charge >= 0.3 is 6.18 Å². The van der Waals surface area contributed by atoms with Crippen LogP contribution in [0.3, 0.4) is 0 Å². The second-order valence-corrected chi connectivity index (χ2v) is 5.10. The molecule has 5 heteroatoms. The van der Waals surface area contributed by atoms with Gasteiger partial charge in [-0.2, -0.15) is 13.2 Å². The molecule has 0 radical (unpaired) electrons. The van der Waals surface area contributed by atoms with Crippen molar-refractivity contribution in [3.63, 3.8) is 0 Å². The summed E-state index contributed by atoms with van der Waals surface area (Å²) in [6, 6.07) is 7.98. The highest BCUT2D eigenvalue weighted by atomic mass is 19.4. The van der Waals surface area contributed by atoms with Crippen LogP contribution in [0.4, 0.5) is 13.2 Å². The Hall–Kier alpha value is -1.07. The van der Waals surface area contributed by atoms with Crippen LogP contribution in [-0.4, -0.2) is 31.2 Å². The molecule has 0 bridgehead atoms. The number of nitrogens with zero attached hydrogens (tertiary/aromatic N) is 1. The van der Waals surface area contributed by atoms with Crippen molar-refractivity contribution < 1.29 is 13.2 Å². The maximum atomic E-state index is 12.2. The highest BCUT2D eigenvalue weighted by Gasteiger charge is 2.26. The molecule has 1 aromatic carbocycles. The second-order valence-electron chi connectivity index (χ2n) is 5.10. The lowest BCUT2D eigenvalue weighted by molar-refractivity contribution is -0.137. The molecule has 0 aliphatic carbocycles. The summed E-state index contributed by atoms with van der Waals surface area (Å²) in [6.45, 7) is 4.45. The van der Waals surface area contributed by atoms with Crippen LogP contribution in [0.5, 0.6) is 0 Å². The van der Waals surface area contributed by atoms with Crippen molar-refractivity contribution in [2.75, 3.05) is 20.1 Å². The third kappa shape index (κ3) is 7.50. The van der Waals surface area contributed by atoms with Crippen LogP contribution >= 0.6 is 0 Å². The van der Waals surface area contributed by atoms with Crippen LogP contribution in [0.1, 0.15) is 30.9 Å². The van der Waals surface area contributed by atoms with E-state index < -0.39 is 12.6 Å². The van der Waals surface area contributed by atoms with Gasteiger partial charge in [0.2, 0.25) is 0 Å². The van der Waals surface area contributed by atoms with Gasteiger partial charge in [0.25, 0.3) is 0 Å². The maximum absolute atomic E-state index is 12.2. The normalized spacial score (nSPS) is 12.1. The summed E-state index contributed by atoms with van der Waals surface area (Å²) in [5, 5.41) is 3.31. The first kappa shape index (κ1) is 17.0. The van der Waals surface area contributed by atoms with Gasteiger partial charge in [-0.3, -0.25) is 0 Å². The highest BCUT2D eigenvalue weighted by molar-refractivity contribution is 5.23. The summed E-state index contributed by atoms with van der Waals surface area (Å²) in [7, 11) is 1.72. The highest BCUT2D eigenvalue weighted by Crippen LogP contribution is 2.20. The molecule has 0 unspecified atom stereocenters. The topological polar surface area (TPSA) is 15.3 Å². The van der Waals surface area contributed by atoms with Gasteiger partial charge in [0, 0.05) is 19.6 Å². The predicted octanol–water partition coefficient (Wildman–Crippen LogP) is 3.57. The Balaban J connectivity index is 2.44. The molecule has 0 amide bonds. The second kappa shape index (κ2) is 8.27. The molecule has 114 valence electrons. The third-order valence-corrected chi connectivity index (χ3v) is 2.98. The Kier molecular flexibility index (Phi) is 7.02. The molecule has 0 fully saturated rings. The summed E-state index contributed by atoms with van der Waals surface area (Å²) < 4.78 is 36.5. The fraction of sp³-hybridized carbons (Fsp3) is 0.600. The first-order chi connectivity index (χ1) is 9.40. The lowest BCUT2D eigenvalue weighted by Gasteiger charge is -2.18.